The summed E-state index contributed by atoms with van der Waals surface area (Å²) in [5.74, 6) is 1.98. The summed E-state index contributed by atoms with van der Waals surface area (Å²) in [5, 5.41) is 0.637. The highest BCUT2D eigenvalue weighted by Gasteiger charge is 2.13. The zero-order valence-electron chi connectivity index (χ0n) is 11.5. The second kappa shape index (κ2) is 5.96. The summed E-state index contributed by atoms with van der Waals surface area (Å²) in [5.41, 5.74) is 2.83. The zero-order valence-corrected chi connectivity index (χ0v) is 13.0. The number of rotatable bonds is 4. The Hall–Kier alpha value is -1.71. The van der Waals surface area contributed by atoms with Crippen molar-refractivity contribution in [3.63, 3.8) is 0 Å². The van der Waals surface area contributed by atoms with E-state index in [1.54, 1.807) is 7.11 Å². The number of halogens is 2. The van der Waals surface area contributed by atoms with Crippen LogP contribution in [-0.2, 0) is 12.4 Å². The third kappa shape index (κ3) is 2.59. The first kappa shape index (κ1) is 14.2. The van der Waals surface area contributed by atoms with E-state index >= 15 is 0 Å². The van der Waals surface area contributed by atoms with E-state index in [2.05, 4.69) is 9.55 Å². The van der Waals surface area contributed by atoms with E-state index in [0.717, 1.165) is 28.2 Å². The highest BCUT2D eigenvalue weighted by atomic mass is 35.5. The minimum Gasteiger partial charge on any atom is -0.496 e. The Kier molecular flexibility index (Phi) is 4.04. The van der Waals surface area contributed by atoms with Gasteiger partial charge in [-0.2, -0.15) is 0 Å². The van der Waals surface area contributed by atoms with Crippen molar-refractivity contribution in [2.24, 2.45) is 0 Å². The molecule has 0 aliphatic carbocycles. The Balaban J connectivity index is 2.13. The SMILES string of the molecule is COc1ccccc1Cn1c(CCl)nc2c(Cl)cccc21. The van der Waals surface area contributed by atoms with Gasteiger partial charge < -0.3 is 9.30 Å². The molecule has 0 unspecified atom stereocenters. The molecular weight excluding hydrogens is 307 g/mol. The standard InChI is InChI=1S/C16H14Cl2N2O/c1-21-14-8-3-2-5-11(14)10-20-13-7-4-6-12(18)16(13)19-15(20)9-17/h2-8H,9-10H2,1H3. The number of alkyl halides is 1. The molecule has 0 aliphatic heterocycles. The van der Waals surface area contributed by atoms with Crippen LogP contribution >= 0.6 is 23.2 Å². The number of fused-ring (bicyclic) bond motifs is 1. The number of benzene rings is 2. The van der Waals surface area contributed by atoms with Gasteiger partial charge in [-0.05, 0) is 18.2 Å². The van der Waals surface area contributed by atoms with Gasteiger partial charge in [-0.15, -0.1) is 11.6 Å². The van der Waals surface area contributed by atoms with Crippen LogP contribution in [0.25, 0.3) is 11.0 Å². The maximum atomic E-state index is 6.22. The van der Waals surface area contributed by atoms with Gasteiger partial charge in [0, 0.05) is 5.56 Å². The first-order valence-electron chi connectivity index (χ1n) is 6.56. The fourth-order valence-electron chi connectivity index (χ4n) is 2.44. The van der Waals surface area contributed by atoms with Gasteiger partial charge in [0.2, 0.25) is 0 Å². The number of methoxy groups -OCH3 is 1. The third-order valence-electron chi connectivity index (χ3n) is 3.45. The van der Waals surface area contributed by atoms with Gasteiger partial charge in [-0.3, -0.25) is 0 Å². The molecule has 5 heteroatoms. The molecule has 0 spiro atoms. The fourth-order valence-corrected chi connectivity index (χ4v) is 2.86. The van der Waals surface area contributed by atoms with Crippen LogP contribution in [-0.4, -0.2) is 16.7 Å². The van der Waals surface area contributed by atoms with Crippen molar-refractivity contribution in [1.82, 2.24) is 9.55 Å². The summed E-state index contributed by atoms with van der Waals surface area (Å²) in [6.07, 6.45) is 0. The minimum atomic E-state index is 0.333. The van der Waals surface area contributed by atoms with Gasteiger partial charge in [0.1, 0.15) is 17.1 Å². The smallest absolute Gasteiger partial charge is 0.125 e. The highest BCUT2D eigenvalue weighted by Crippen LogP contribution is 2.27. The number of para-hydroxylation sites is 2. The van der Waals surface area contributed by atoms with Crippen LogP contribution in [0.5, 0.6) is 5.75 Å². The van der Waals surface area contributed by atoms with Crippen LogP contribution in [0.15, 0.2) is 42.5 Å². The molecular formula is C16H14Cl2N2O. The summed E-state index contributed by atoms with van der Waals surface area (Å²) < 4.78 is 7.49. The second-order valence-electron chi connectivity index (χ2n) is 4.67. The normalized spacial score (nSPS) is 11.0. The Labute approximate surface area is 133 Å². The molecule has 2 aromatic carbocycles. The minimum absolute atomic E-state index is 0.333. The highest BCUT2D eigenvalue weighted by molar-refractivity contribution is 6.35. The summed E-state index contributed by atoms with van der Waals surface area (Å²) >= 11 is 12.3. The van der Waals surface area contributed by atoms with Gasteiger partial charge in [0.25, 0.3) is 0 Å². The lowest BCUT2D eigenvalue weighted by molar-refractivity contribution is 0.408. The van der Waals surface area contributed by atoms with Gasteiger partial charge in [0.05, 0.1) is 30.1 Å². The van der Waals surface area contributed by atoms with Crippen LogP contribution in [0.3, 0.4) is 0 Å². The molecule has 0 atom stereocenters. The Bertz CT molecular complexity index is 783. The van der Waals surface area contributed by atoms with Crippen molar-refractivity contribution in [1.29, 1.82) is 0 Å². The first-order chi connectivity index (χ1) is 10.2. The van der Waals surface area contributed by atoms with Crippen molar-refractivity contribution >= 4 is 34.2 Å². The number of aromatic nitrogens is 2. The van der Waals surface area contributed by atoms with E-state index in [4.69, 9.17) is 27.9 Å². The van der Waals surface area contributed by atoms with Crippen molar-refractivity contribution in [3.05, 3.63) is 58.9 Å². The Morgan fingerprint density at radius 1 is 1.14 bits per heavy atom. The van der Waals surface area contributed by atoms with E-state index < -0.39 is 0 Å². The summed E-state index contributed by atoms with van der Waals surface area (Å²) in [6, 6.07) is 13.7. The molecule has 21 heavy (non-hydrogen) atoms. The largest absolute Gasteiger partial charge is 0.496 e. The molecule has 3 aromatic rings. The summed E-state index contributed by atoms with van der Waals surface area (Å²) in [6.45, 7) is 0.642. The van der Waals surface area contributed by atoms with E-state index in [0.29, 0.717) is 17.4 Å². The molecule has 0 fully saturated rings. The second-order valence-corrected chi connectivity index (χ2v) is 5.34. The van der Waals surface area contributed by atoms with Crippen LogP contribution in [0.2, 0.25) is 5.02 Å². The maximum absolute atomic E-state index is 6.22. The molecule has 3 nitrogen and oxygen atoms in total. The zero-order chi connectivity index (χ0) is 14.8. The molecule has 0 saturated carbocycles. The number of hydrogen-bond donors (Lipinski definition) is 0. The lowest BCUT2D eigenvalue weighted by atomic mass is 10.2. The molecule has 0 saturated heterocycles. The molecule has 0 aliphatic rings. The van der Waals surface area contributed by atoms with Crippen molar-refractivity contribution in [2.45, 2.75) is 12.4 Å². The van der Waals surface area contributed by atoms with Crippen LogP contribution in [0.1, 0.15) is 11.4 Å². The van der Waals surface area contributed by atoms with Crippen molar-refractivity contribution < 1.29 is 4.74 Å². The van der Waals surface area contributed by atoms with Gasteiger partial charge in [-0.1, -0.05) is 35.9 Å². The van der Waals surface area contributed by atoms with Crippen molar-refractivity contribution in [2.75, 3.05) is 7.11 Å². The van der Waals surface area contributed by atoms with E-state index in [-0.39, 0.29) is 0 Å². The average Bonchev–Trinajstić information content (AvgIpc) is 2.87. The first-order valence-corrected chi connectivity index (χ1v) is 7.47. The summed E-state index contributed by atoms with van der Waals surface area (Å²) in [7, 11) is 1.67. The molecule has 1 aromatic heterocycles. The molecule has 0 amide bonds. The van der Waals surface area contributed by atoms with Gasteiger partial charge >= 0.3 is 0 Å². The Morgan fingerprint density at radius 3 is 2.71 bits per heavy atom. The van der Waals surface area contributed by atoms with Gasteiger partial charge in [-0.25, -0.2) is 4.98 Å². The van der Waals surface area contributed by atoms with E-state index in [1.165, 1.54) is 0 Å². The lowest BCUT2D eigenvalue weighted by Gasteiger charge is -2.11. The topological polar surface area (TPSA) is 27.1 Å². The molecule has 1 heterocycles. The number of nitrogens with zero attached hydrogens (tertiary/aromatic N) is 2. The van der Waals surface area contributed by atoms with Crippen LogP contribution < -0.4 is 4.74 Å². The maximum Gasteiger partial charge on any atom is 0.125 e. The van der Waals surface area contributed by atoms with Crippen LogP contribution in [0, 0.1) is 0 Å². The molecule has 0 bridgehead atoms. The molecule has 0 radical (unpaired) electrons. The number of hydrogen-bond acceptors (Lipinski definition) is 2. The lowest BCUT2D eigenvalue weighted by Crippen LogP contribution is -2.05. The van der Waals surface area contributed by atoms with Crippen LogP contribution in [0.4, 0.5) is 0 Å². The average molecular weight is 321 g/mol. The Morgan fingerprint density at radius 2 is 1.95 bits per heavy atom. The van der Waals surface area contributed by atoms with Crippen molar-refractivity contribution in [3.8, 4) is 5.75 Å². The third-order valence-corrected chi connectivity index (χ3v) is 3.99. The number of ether oxygens (including phenoxy) is 1. The number of imidazole rings is 1. The molecule has 108 valence electrons. The van der Waals surface area contributed by atoms with E-state index in [9.17, 15) is 0 Å². The summed E-state index contributed by atoms with van der Waals surface area (Å²) in [4.78, 5) is 4.54. The monoisotopic (exact) mass is 320 g/mol. The predicted octanol–water partition coefficient (Wildman–Crippen LogP) is 4.49. The van der Waals surface area contributed by atoms with Gasteiger partial charge in [0.15, 0.2) is 0 Å². The fraction of sp³-hybridized carbons (Fsp3) is 0.188. The quantitative estimate of drug-likeness (QED) is 0.662. The molecule has 0 N–H and O–H groups in total. The molecule has 3 rings (SSSR count). The predicted molar refractivity (Wildman–Crippen MR) is 86.4 cm³/mol. The van der Waals surface area contributed by atoms with E-state index in [1.807, 2.05) is 42.5 Å².